The van der Waals surface area contributed by atoms with Gasteiger partial charge in [-0.1, -0.05) is 139 Å². The summed E-state index contributed by atoms with van der Waals surface area (Å²) in [5, 5.41) is 11.1. The van der Waals surface area contributed by atoms with Gasteiger partial charge in [-0.25, -0.2) is 0 Å². The van der Waals surface area contributed by atoms with Crippen molar-refractivity contribution < 1.29 is 9.13 Å². The zero-order chi connectivity index (χ0) is 33.7. The molecule has 0 saturated heterocycles. The lowest BCUT2D eigenvalue weighted by molar-refractivity contribution is -0.700. The maximum Gasteiger partial charge on any atom is 0.269 e. The van der Waals surface area contributed by atoms with Gasteiger partial charge in [0.05, 0.1) is 21.4 Å². The smallest absolute Gasteiger partial charge is 0.269 e. The Morgan fingerprint density at radius 2 is 1.19 bits per heavy atom. The van der Waals surface area contributed by atoms with Gasteiger partial charge < -0.3 is 4.90 Å². The fraction of sp³-hybridized carbons (Fsp3) is 0.659. The average molecular weight is 698 g/mol. The summed E-state index contributed by atoms with van der Waals surface area (Å²) in [7, 11) is 0. The van der Waals surface area contributed by atoms with Crippen molar-refractivity contribution in [3.05, 3.63) is 66.5 Å². The van der Waals surface area contributed by atoms with Gasteiger partial charge in [0.2, 0.25) is 0 Å². The minimum atomic E-state index is 1.11. The third-order valence-corrected chi connectivity index (χ3v) is 12.6. The molecule has 0 atom stereocenters. The minimum Gasteiger partial charge on any atom is -0.339 e. The number of nitrogens with zero attached hydrogens (tertiary/aromatic N) is 3. The molecule has 0 bridgehead atoms. The lowest BCUT2D eigenvalue weighted by Gasteiger charge is -2.21. The summed E-state index contributed by atoms with van der Waals surface area (Å²) in [4.78, 5) is 2.55. The van der Waals surface area contributed by atoms with Gasteiger partial charge in [-0.3, -0.25) is 0 Å². The van der Waals surface area contributed by atoms with E-state index in [1.165, 1.54) is 153 Å². The number of hydrogen-bond donors (Lipinski definition) is 0. The second kappa shape index (κ2) is 23.7. The van der Waals surface area contributed by atoms with E-state index in [-0.39, 0.29) is 0 Å². The summed E-state index contributed by atoms with van der Waals surface area (Å²) in [6.45, 7) is 17.1. The Hall–Kier alpha value is -1.63. The number of aromatic nitrogens is 2. The Balaban J connectivity index is 1.82. The molecule has 0 amide bonds. The molecule has 262 valence electrons. The van der Waals surface area contributed by atoms with E-state index in [1.54, 1.807) is 0 Å². The van der Waals surface area contributed by atoms with Crippen LogP contribution in [0.2, 0.25) is 0 Å². The molecule has 2 aromatic rings. The predicted molar refractivity (Wildman–Crippen MR) is 212 cm³/mol. The zero-order valence-corrected chi connectivity index (χ0v) is 33.4. The lowest BCUT2D eigenvalue weighted by Crippen LogP contribution is -2.38. The first-order chi connectivity index (χ1) is 23.0. The van der Waals surface area contributed by atoms with Crippen LogP contribution in [0.4, 0.5) is 0 Å². The Bertz CT molecular complexity index is 1280. The van der Waals surface area contributed by atoms with E-state index < -0.39 is 0 Å². The Labute approximate surface area is 302 Å². The molecule has 0 radical (unpaired) electrons. The first-order valence-corrected chi connectivity index (χ1v) is 21.8. The highest BCUT2D eigenvalue weighted by molar-refractivity contribution is 8.06. The van der Waals surface area contributed by atoms with Crippen LogP contribution in [0.15, 0.2) is 45.1 Å². The maximum atomic E-state index is 2.59. The van der Waals surface area contributed by atoms with Crippen molar-refractivity contribution in [2.75, 3.05) is 6.54 Å². The van der Waals surface area contributed by atoms with Crippen molar-refractivity contribution >= 4 is 46.1 Å². The topological polar surface area (TPSA) is 11.0 Å². The van der Waals surface area contributed by atoms with Gasteiger partial charge in [0.1, 0.15) is 13.1 Å². The SMILES string of the molecule is CCCCCCCCN1C(C)=CSC1=CC=C(C=Cc1scc(C)[n+]1CCCCCCCC)c1scc(C)[n+]1CCCCCCCC. The second-order valence-corrected chi connectivity index (χ2v) is 16.1. The van der Waals surface area contributed by atoms with Gasteiger partial charge in [0, 0.05) is 45.0 Å². The van der Waals surface area contributed by atoms with Gasteiger partial charge >= 0.3 is 0 Å². The highest BCUT2D eigenvalue weighted by Crippen LogP contribution is 2.35. The molecule has 0 spiro atoms. The summed E-state index contributed by atoms with van der Waals surface area (Å²) >= 11 is 5.68. The standard InChI is InChI=1S/C41H67N3S3/c1-7-10-13-16-19-22-29-42-35(4)32-45-39(42)27-25-38(41-44(37(6)34-47-41)31-24-21-18-15-12-9-3)26-28-40-43(36(5)33-46-40)30-23-20-17-14-11-8-2/h25-28,32-34H,7-24,29-31H2,1-6H3/q+2. The van der Waals surface area contributed by atoms with Crippen LogP contribution in [0, 0.1) is 13.8 Å². The number of thioether (sulfide) groups is 1. The molecule has 0 unspecified atom stereocenters. The number of allylic oxidation sites excluding steroid dienone is 5. The van der Waals surface area contributed by atoms with E-state index in [2.05, 4.69) is 96.0 Å². The van der Waals surface area contributed by atoms with E-state index in [0.29, 0.717) is 0 Å². The Morgan fingerprint density at radius 3 is 1.83 bits per heavy atom. The molecule has 0 fully saturated rings. The minimum absolute atomic E-state index is 1.11. The van der Waals surface area contributed by atoms with Gasteiger partial charge in [0.15, 0.2) is 11.4 Å². The van der Waals surface area contributed by atoms with E-state index in [9.17, 15) is 0 Å². The van der Waals surface area contributed by atoms with Crippen LogP contribution in [0.3, 0.4) is 0 Å². The molecule has 6 heteroatoms. The van der Waals surface area contributed by atoms with Gasteiger partial charge in [-0.2, -0.15) is 9.13 Å². The molecule has 3 nitrogen and oxygen atoms in total. The summed E-state index contributed by atoms with van der Waals surface area (Å²) in [6.07, 6.45) is 33.6. The van der Waals surface area contributed by atoms with E-state index in [0.717, 1.165) is 19.6 Å². The summed E-state index contributed by atoms with van der Waals surface area (Å²) < 4.78 is 5.13. The molecule has 0 aromatic carbocycles. The summed E-state index contributed by atoms with van der Waals surface area (Å²) in [5.74, 6) is 0. The molecular formula is C41H67N3S3+2. The number of rotatable bonds is 25. The molecule has 0 saturated carbocycles. The fourth-order valence-electron chi connectivity index (χ4n) is 6.33. The Kier molecular flexibility index (Phi) is 20.1. The van der Waals surface area contributed by atoms with E-state index >= 15 is 0 Å². The van der Waals surface area contributed by atoms with Crippen LogP contribution >= 0.6 is 34.4 Å². The van der Waals surface area contributed by atoms with E-state index in [1.807, 2.05) is 34.4 Å². The average Bonchev–Trinajstić information content (AvgIpc) is 3.74. The lowest BCUT2D eigenvalue weighted by atomic mass is 10.1. The molecule has 47 heavy (non-hydrogen) atoms. The molecule has 0 N–H and O–H groups in total. The number of thiazole rings is 2. The molecule has 2 aromatic heterocycles. The maximum absolute atomic E-state index is 2.59. The molecular weight excluding hydrogens is 631 g/mol. The Morgan fingerprint density at radius 1 is 0.660 bits per heavy atom. The zero-order valence-electron chi connectivity index (χ0n) is 31.0. The number of aryl methyl sites for hydroxylation is 2. The van der Waals surface area contributed by atoms with Crippen LogP contribution in [0.1, 0.15) is 165 Å². The largest absolute Gasteiger partial charge is 0.339 e. The van der Waals surface area contributed by atoms with Gasteiger partial charge in [-0.05, 0) is 49.8 Å². The van der Waals surface area contributed by atoms with Crippen LogP contribution in [0.5, 0.6) is 0 Å². The molecule has 1 aliphatic heterocycles. The molecule has 1 aliphatic rings. The quantitative estimate of drug-likeness (QED) is 0.0581. The van der Waals surface area contributed by atoms with Crippen molar-refractivity contribution in [3.8, 4) is 0 Å². The van der Waals surface area contributed by atoms with Crippen molar-refractivity contribution in [2.24, 2.45) is 0 Å². The molecule has 3 heterocycles. The van der Waals surface area contributed by atoms with Crippen LogP contribution in [-0.2, 0) is 13.1 Å². The van der Waals surface area contributed by atoms with E-state index in [4.69, 9.17) is 0 Å². The third kappa shape index (κ3) is 14.0. The monoisotopic (exact) mass is 697 g/mol. The summed E-state index contributed by atoms with van der Waals surface area (Å²) in [6, 6.07) is 0. The first kappa shape index (κ1) is 39.8. The van der Waals surface area contributed by atoms with Crippen molar-refractivity contribution in [1.29, 1.82) is 0 Å². The fourth-order valence-corrected chi connectivity index (χ4v) is 9.23. The van der Waals surface area contributed by atoms with Gasteiger partial charge in [0.25, 0.3) is 10.0 Å². The number of hydrogen-bond acceptors (Lipinski definition) is 4. The predicted octanol–water partition coefficient (Wildman–Crippen LogP) is 12.9. The summed E-state index contributed by atoms with van der Waals surface area (Å²) in [5.41, 5.74) is 5.47. The van der Waals surface area contributed by atoms with Crippen molar-refractivity contribution in [1.82, 2.24) is 4.90 Å². The number of unbranched alkanes of at least 4 members (excludes halogenated alkanes) is 15. The second-order valence-electron chi connectivity index (χ2n) is 13.5. The van der Waals surface area contributed by atoms with Crippen LogP contribution in [-0.4, -0.2) is 11.4 Å². The molecule has 0 aliphatic carbocycles. The van der Waals surface area contributed by atoms with Crippen LogP contribution < -0.4 is 9.13 Å². The third-order valence-electron chi connectivity index (χ3n) is 9.36. The first-order valence-electron chi connectivity index (χ1n) is 19.2. The highest BCUT2D eigenvalue weighted by Gasteiger charge is 2.22. The van der Waals surface area contributed by atoms with Crippen molar-refractivity contribution in [3.63, 3.8) is 0 Å². The normalized spacial score (nSPS) is 14.8. The van der Waals surface area contributed by atoms with Crippen molar-refractivity contribution in [2.45, 2.75) is 170 Å². The van der Waals surface area contributed by atoms with Gasteiger partial charge in [-0.15, -0.1) is 0 Å². The van der Waals surface area contributed by atoms with Crippen LogP contribution in [0.25, 0.3) is 11.6 Å². The molecule has 3 rings (SSSR count). The highest BCUT2D eigenvalue weighted by atomic mass is 32.2.